The normalized spacial score (nSPS) is 10.5. The number of nitrogens with one attached hydrogen (secondary N) is 2. The lowest BCUT2D eigenvalue weighted by Crippen LogP contribution is -2.20. The van der Waals surface area contributed by atoms with Crippen molar-refractivity contribution in [3.05, 3.63) is 89.6 Å². The van der Waals surface area contributed by atoms with E-state index in [2.05, 4.69) is 15.7 Å². The summed E-state index contributed by atoms with van der Waals surface area (Å²) in [6, 6.07) is 23.6. The molecule has 0 spiro atoms. The molecule has 0 unspecified atom stereocenters. The Morgan fingerprint density at radius 3 is 2.48 bits per heavy atom. The Kier molecular flexibility index (Phi) is 5.95. The first-order valence-electron chi connectivity index (χ1n) is 9.73. The number of ether oxygens (including phenoxy) is 1. The van der Waals surface area contributed by atoms with Gasteiger partial charge in [0.25, 0.3) is 0 Å². The molecule has 0 aliphatic carbocycles. The first-order chi connectivity index (χ1) is 15.0. The van der Waals surface area contributed by atoms with Crippen molar-refractivity contribution in [1.82, 2.24) is 9.78 Å². The number of carbonyl (C=O) groups is 1. The van der Waals surface area contributed by atoms with Crippen LogP contribution in [0.1, 0.15) is 5.69 Å². The maximum Gasteiger partial charge on any atom is 0.323 e. The summed E-state index contributed by atoms with van der Waals surface area (Å²) in [7, 11) is 1.99. The van der Waals surface area contributed by atoms with E-state index in [4.69, 9.17) is 16.3 Å². The standard InChI is InChI=1S/C23H20BClN4O2/c1-15-14-22(29(28-15)20-8-4-2-6-18(20)25)31-21-9-5-3-7-19(21)27-23(30)26-17-12-10-16(24)11-13-17/h2-14H,24H2,1H3,(H2,26,27,30). The Bertz CT molecular complexity index is 1220. The summed E-state index contributed by atoms with van der Waals surface area (Å²) in [5, 5.41) is 10.7. The molecule has 0 aliphatic rings. The quantitative estimate of drug-likeness (QED) is 0.457. The van der Waals surface area contributed by atoms with Crippen LogP contribution in [0.15, 0.2) is 78.9 Å². The number of urea groups is 1. The van der Waals surface area contributed by atoms with E-state index in [9.17, 15) is 4.79 Å². The highest BCUT2D eigenvalue weighted by molar-refractivity contribution is 6.32. The number of aromatic nitrogens is 2. The molecule has 2 amide bonds. The van der Waals surface area contributed by atoms with Gasteiger partial charge in [-0.1, -0.05) is 53.5 Å². The minimum atomic E-state index is -0.365. The predicted octanol–water partition coefficient (Wildman–Crippen LogP) is 4.53. The molecule has 154 valence electrons. The summed E-state index contributed by atoms with van der Waals surface area (Å²) in [6.45, 7) is 1.87. The Balaban J connectivity index is 1.57. The number of anilines is 2. The van der Waals surface area contributed by atoms with Gasteiger partial charge in [-0.2, -0.15) is 9.78 Å². The average molecular weight is 431 g/mol. The number of benzene rings is 3. The van der Waals surface area contributed by atoms with Gasteiger partial charge in [0, 0.05) is 11.8 Å². The van der Waals surface area contributed by atoms with E-state index < -0.39 is 0 Å². The zero-order valence-corrected chi connectivity index (χ0v) is 17.9. The zero-order chi connectivity index (χ0) is 21.8. The third kappa shape index (κ3) is 4.90. The van der Waals surface area contributed by atoms with Gasteiger partial charge >= 0.3 is 6.03 Å². The Morgan fingerprint density at radius 2 is 1.71 bits per heavy atom. The molecule has 0 fully saturated rings. The fraction of sp³-hybridized carbons (Fsp3) is 0.0435. The van der Waals surface area contributed by atoms with Crippen molar-refractivity contribution < 1.29 is 9.53 Å². The van der Waals surface area contributed by atoms with E-state index in [1.54, 1.807) is 22.9 Å². The van der Waals surface area contributed by atoms with E-state index in [0.717, 1.165) is 11.2 Å². The summed E-state index contributed by atoms with van der Waals surface area (Å²) in [5.74, 6) is 0.966. The van der Waals surface area contributed by atoms with E-state index in [-0.39, 0.29) is 6.03 Å². The molecule has 0 saturated heterocycles. The molecular formula is C23H20BClN4O2. The molecular weight excluding hydrogens is 411 g/mol. The first-order valence-corrected chi connectivity index (χ1v) is 10.1. The maximum atomic E-state index is 12.5. The molecule has 4 aromatic rings. The second kappa shape index (κ2) is 8.98. The number of aryl methyl sites for hydroxylation is 1. The first kappa shape index (κ1) is 20.6. The predicted molar refractivity (Wildman–Crippen MR) is 127 cm³/mol. The van der Waals surface area contributed by atoms with Gasteiger partial charge in [0.2, 0.25) is 5.88 Å². The topological polar surface area (TPSA) is 68.2 Å². The van der Waals surface area contributed by atoms with Gasteiger partial charge < -0.3 is 15.4 Å². The van der Waals surface area contributed by atoms with Gasteiger partial charge in [-0.15, -0.1) is 0 Å². The number of carbonyl (C=O) groups excluding carboxylic acids is 1. The second-order valence-electron chi connectivity index (χ2n) is 7.03. The minimum Gasteiger partial charge on any atom is -0.437 e. The van der Waals surface area contributed by atoms with Gasteiger partial charge in [0.05, 0.1) is 22.1 Å². The van der Waals surface area contributed by atoms with Crippen molar-refractivity contribution in [2.45, 2.75) is 6.92 Å². The molecule has 0 bridgehead atoms. The Labute approximate surface area is 186 Å². The third-order valence-corrected chi connectivity index (χ3v) is 4.86. The van der Waals surface area contributed by atoms with E-state index in [0.29, 0.717) is 33.7 Å². The second-order valence-corrected chi connectivity index (χ2v) is 7.44. The summed E-state index contributed by atoms with van der Waals surface area (Å²) in [4.78, 5) is 12.5. The van der Waals surface area contributed by atoms with Gasteiger partial charge in [0.1, 0.15) is 7.85 Å². The molecule has 0 saturated carbocycles. The van der Waals surface area contributed by atoms with E-state index >= 15 is 0 Å². The number of hydrogen-bond donors (Lipinski definition) is 2. The summed E-state index contributed by atoms with van der Waals surface area (Å²) >= 11 is 6.35. The van der Waals surface area contributed by atoms with E-state index in [1.165, 1.54) is 0 Å². The van der Waals surface area contributed by atoms with Crippen molar-refractivity contribution in [2.75, 3.05) is 10.6 Å². The smallest absolute Gasteiger partial charge is 0.323 e. The third-order valence-electron chi connectivity index (χ3n) is 4.54. The van der Waals surface area contributed by atoms with Crippen molar-refractivity contribution in [3.63, 3.8) is 0 Å². The molecule has 6 nitrogen and oxygen atoms in total. The molecule has 0 radical (unpaired) electrons. The molecule has 2 N–H and O–H groups in total. The van der Waals surface area contributed by atoms with Crippen molar-refractivity contribution in [2.24, 2.45) is 0 Å². The fourth-order valence-corrected chi connectivity index (χ4v) is 3.25. The summed E-state index contributed by atoms with van der Waals surface area (Å²) in [6.07, 6.45) is 0. The van der Waals surface area contributed by atoms with Crippen LogP contribution in [0, 0.1) is 6.92 Å². The molecule has 31 heavy (non-hydrogen) atoms. The summed E-state index contributed by atoms with van der Waals surface area (Å²) in [5.41, 5.74) is 3.83. The van der Waals surface area contributed by atoms with Crippen LogP contribution < -0.4 is 20.8 Å². The highest BCUT2D eigenvalue weighted by atomic mass is 35.5. The number of halogens is 1. The van der Waals surface area contributed by atoms with Gasteiger partial charge in [-0.3, -0.25) is 0 Å². The largest absolute Gasteiger partial charge is 0.437 e. The molecule has 1 heterocycles. The van der Waals surface area contributed by atoms with Crippen LogP contribution in [0.3, 0.4) is 0 Å². The van der Waals surface area contributed by atoms with Crippen LogP contribution in [-0.2, 0) is 0 Å². The van der Waals surface area contributed by atoms with Crippen LogP contribution >= 0.6 is 11.6 Å². The lowest BCUT2D eigenvalue weighted by atomic mass is 9.96. The van der Waals surface area contributed by atoms with Crippen molar-refractivity contribution in [3.8, 4) is 17.3 Å². The highest BCUT2D eigenvalue weighted by Crippen LogP contribution is 2.32. The molecule has 4 rings (SSSR count). The van der Waals surface area contributed by atoms with Gasteiger partial charge in [0.15, 0.2) is 5.75 Å². The zero-order valence-electron chi connectivity index (χ0n) is 17.1. The van der Waals surface area contributed by atoms with Crippen LogP contribution in [-0.4, -0.2) is 23.7 Å². The Hall–Kier alpha value is -3.71. The number of para-hydroxylation sites is 3. The van der Waals surface area contributed by atoms with Crippen LogP contribution in [0.25, 0.3) is 5.69 Å². The average Bonchev–Trinajstić information content (AvgIpc) is 3.11. The number of nitrogens with zero attached hydrogens (tertiary/aromatic N) is 2. The molecule has 0 atom stereocenters. The fourth-order valence-electron chi connectivity index (χ4n) is 3.04. The highest BCUT2D eigenvalue weighted by Gasteiger charge is 2.15. The number of hydrogen-bond acceptors (Lipinski definition) is 3. The summed E-state index contributed by atoms with van der Waals surface area (Å²) < 4.78 is 7.78. The molecule has 3 aromatic carbocycles. The molecule has 0 aliphatic heterocycles. The van der Waals surface area contributed by atoms with Crippen LogP contribution in [0.5, 0.6) is 11.6 Å². The molecule has 1 aromatic heterocycles. The SMILES string of the molecule is Bc1ccc(NC(=O)Nc2ccccc2Oc2cc(C)nn2-c2ccccc2Cl)cc1. The van der Waals surface area contributed by atoms with Crippen molar-refractivity contribution >= 4 is 42.3 Å². The lowest BCUT2D eigenvalue weighted by Gasteiger charge is -2.14. The Morgan fingerprint density at radius 1 is 1.00 bits per heavy atom. The number of amides is 2. The maximum absolute atomic E-state index is 12.5. The van der Waals surface area contributed by atoms with E-state index in [1.807, 2.05) is 75.4 Å². The van der Waals surface area contributed by atoms with Crippen LogP contribution in [0.2, 0.25) is 5.02 Å². The minimum absolute atomic E-state index is 0.365. The van der Waals surface area contributed by atoms with Gasteiger partial charge in [-0.05, 0) is 43.3 Å². The monoisotopic (exact) mass is 430 g/mol. The van der Waals surface area contributed by atoms with Gasteiger partial charge in [-0.25, -0.2) is 4.79 Å². The lowest BCUT2D eigenvalue weighted by molar-refractivity contribution is 0.262. The number of rotatable bonds is 5. The molecule has 8 heteroatoms. The van der Waals surface area contributed by atoms with Crippen molar-refractivity contribution in [1.29, 1.82) is 0 Å². The van der Waals surface area contributed by atoms with Crippen LogP contribution in [0.4, 0.5) is 16.2 Å².